The van der Waals surface area contributed by atoms with Crippen LogP contribution in [0.4, 0.5) is 8.78 Å². The van der Waals surface area contributed by atoms with Crippen LogP contribution in [0.1, 0.15) is 19.2 Å². The fourth-order valence-electron chi connectivity index (χ4n) is 5.25. The van der Waals surface area contributed by atoms with Gasteiger partial charge in [0.1, 0.15) is 22.8 Å². The molecule has 0 aliphatic carbocycles. The first-order chi connectivity index (χ1) is 20.3. The number of aliphatic hydroxyl groups is 1. The van der Waals surface area contributed by atoms with Crippen molar-refractivity contribution in [2.75, 3.05) is 26.2 Å². The van der Waals surface area contributed by atoms with Crippen LogP contribution in [0.25, 0.3) is 39.1 Å². The number of aryl methyl sites for hydroxylation is 1. The van der Waals surface area contributed by atoms with E-state index in [-0.39, 0.29) is 29.2 Å². The molecule has 1 N–H and O–H groups in total. The van der Waals surface area contributed by atoms with Crippen LogP contribution in [0.15, 0.2) is 53.5 Å². The minimum absolute atomic E-state index is 0.0385. The van der Waals surface area contributed by atoms with Crippen LogP contribution >= 0.6 is 0 Å². The quantitative estimate of drug-likeness (QED) is 0.281. The highest BCUT2D eigenvalue weighted by molar-refractivity contribution is 5.83. The third-order valence-corrected chi connectivity index (χ3v) is 7.32. The van der Waals surface area contributed by atoms with E-state index in [1.165, 1.54) is 35.0 Å². The first-order valence-corrected chi connectivity index (χ1v) is 13.6. The number of alkyl halides is 2. The van der Waals surface area contributed by atoms with Crippen LogP contribution in [0.2, 0.25) is 0 Å². The highest BCUT2D eigenvalue weighted by Gasteiger charge is 2.21. The third kappa shape index (κ3) is 5.40. The molecule has 6 rings (SSSR count). The zero-order chi connectivity index (χ0) is 29.4. The Labute approximate surface area is 239 Å². The Bertz CT molecular complexity index is 1810. The van der Waals surface area contributed by atoms with Gasteiger partial charge in [0.25, 0.3) is 5.56 Å². The van der Waals surface area contributed by atoms with Crippen LogP contribution < -0.4 is 15.0 Å². The lowest BCUT2D eigenvalue weighted by Crippen LogP contribution is -2.25. The smallest absolute Gasteiger partial charge is 0.387 e. The van der Waals surface area contributed by atoms with Crippen molar-refractivity contribution in [1.82, 2.24) is 34.0 Å². The fourth-order valence-corrected chi connectivity index (χ4v) is 5.25. The molecule has 0 saturated carbocycles. The molecule has 1 unspecified atom stereocenters. The summed E-state index contributed by atoms with van der Waals surface area (Å²) in [4.78, 5) is 34.3. The van der Waals surface area contributed by atoms with Gasteiger partial charge in [-0.1, -0.05) is 6.07 Å². The standard InChI is InChI=1S/C29H29F2N7O4/c1-3-41-29-32-15-22-26(35-29)38(18-5-7-20(8-6-18)42-28(30)31)27(40)25(34-22)17-4-9-21-23(14-17)36(2)24(33-21)11-13-37-12-10-19(39)16-37/h4-9,14-15,19,28,39H,3,10-13,16H2,1-2H3. The van der Waals surface area contributed by atoms with Gasteiger partial charge in [0.2, 0.25) is 0 Å². The second kappa shape index (κ2) is 11.4. The number of halogens is 2. The molecular weight excluding hydrogens is 548 g/mol. The van der Waals surface area contributed by atoms with Crippen LogP contribution in [-0.4, -0.2) is 78.0 Å². The average Bonchev–Trinajstić information content (AvgIpc) is 3.53. The normalized spacial score (nSPS) is 15.7. The molecule has 1 saturated heterocycles. The van der Waals surface area contributed by atoms with Crippen molar-refractivity contribution in [2.45, 2.75) is 32.5 Å². The number of fused-ring (bicyclic) bond motifs is 2. The predicted octanol–water partition coefficient (Wildman–Crippen LogP) is 3.34. The molecule has 13 heteroatoms. The van der Waals surface area contributed by atoms with Crippen molar-refractivity contribution in [2.24, 2.45) is 7.05 Å². The summed E-state index contributed by atoms with van der Waals surface area (Å²) in [6.45, 7) is 1.49. The summed E-state index contributed by atoms with van der Waals surface area (Å²) >= 11 is 0. The van der Waals surface area contributed by atoms with E-state index < -0.39 is 12.2 Å². The molecule has 0 amide bonds. The fraction of sp³-hybridized carbons (Fsp3) is 0.345. The monoisotopic (exact) mass is 577 g/mol. The minimum Gasteiger partial charge on any atom is -0.464 e. The van der Waals surface area contributed by atoms with E-state index in [4.69, 9.17) is 9.72 Å². The largest absolute Gasteiger partial charge is 0.464 e. The summed E-state index contributed by atoms with van der Waals surface area (Å²) in [5.41, 5.74) is 2.85. The van der Waals surface area contributed by atoms with E-state index in [9.17, 15) is 18.7 Å². The summed E-state index contributed by atoms with van der Waals surface area (Å²) < 4.78 is 38.7. The van der Waals surface area contributed by atoms with Gasteiger partial charge in [-0.25, -0.2) is 15.0 Å². The summed E-state index contributed by atoms with van der Waals surface area (Å²) in [6.07, 6.45) is 2.72. The van der Waals surface area contributed by atoms with Gasteiger partial charge in [0.05, 0.1) is 35.6 Å². The maximum absolute atomic E-state index is 14.0. The lowest BCUT2D eigenvalue weighted by Gasteiger charge is -2.14. The lowest BCUT2D eigenvalue weighted by molar-refractivity contribution is -0.0498. The number of ether oxygens (including phenoxy) is 2. The molecule has 1 fully saturated rings. The molecule has 11 nitrogen and oxygen atoms in total. The molecule has 3 aromatic heterocycles. The van der Waals surface area contributed by atoms with Crippen LogP contribution in [0.3, 0.4) is 0 Å². The number of imidazole rings is 1. The molecule has 42 heavy (non-hydrogen) atoms. The summed E-state index contributed by atoms with van der Waals surface area (Å²) in [7, 11) is 1.94. The van der Waals surface area contributed by atoms with Crippen molar-refractivity contribution in [3.05, 3.63) is 64.8 Å². The molecular formula is C29H29F2N7O4. The Morgan fingerprint density at radius 1 is 1.10 bits per heavy atom. The summed E-state index contributed by atoms with van der Waals surface area (Å²) in [5.74, 6) is 0.860. The zero-order valence-electron chi connectivity index (χ0n) is 23.1. The van der Waals surface area contributed by atoms with Crippen molar-refractivity contribution < 1.29 is 23.4 Å². The summed E-state index contributed by atoms with van der Waals surface area (Å²) in [6, 6.07) is 11.3. The number of nitrogens with zero attached hydrogens (tertiary/aromatic N) is 7. The molecule has 0 bridgehead atoms. The Morgan fingerprint density at radius 2 is 1.90 bits per heavy atom. The second-order valence-corrected chi connectivity index (χ2v) is 10.1. The number of likely N-dealkylation sites (tertiary alicyclic amines) is 1. The number of hydrogen-bond donors (Lipinski definition) is 1. The van der Waals surface area contributed by atoms with Crippen LogP contribution in [0.5, 0.6) is 11.8 Å². The Hall–Kier alpha value is -4.49. The maximum Gasteiger partial charge on any atom is 0.387 e. The molecule has 1 aliphatic heterocycles. The molecule has 0 radical (unpaired) electrons. The van der Waals surface area contributed by atoms with E-state index in [0.717, 1.165) is 42.8 Å². The van der Waals surface area contributed by atoms with Crippen LogP contribution in [0, 0.1) is 0 Å². The third-order valence-electron chi connectivity index (χ3n) is 7.32. The predicted molar refractivity (Wildman–Crippen MR) is 151 cm³/mol. The number of aromatic nitrogens is 6. The molecule has 2 aromatic carbocycles. The number of aliphatic hydroxyl groups excluding tert-OH is 1. The first-order valence-electron chi connectivity index (χ1n) is 13.6. The van der Waals surface area contributed by atoms with E-state index in [0.29, 0.717) is 29.9 Å². The van der Waals surface area contributed by atoms with Gasteiger partial charge in [0.15, 0.2) is 5.65 Å². The summed E-state index contributed by atoms with van der Waals surface area (Å²) in [5, 5.41) is 9.82. The van der Waals surface area contributed by atoms with E-state index >= 15 is 0 Å². The Morgan fingerprint density at radius 3 is 2.62 bits per heavy atom. The molecule has 4 heterocycles. The number of hydrogen-bond acceptors (Lipinski definition) is 9. The zero-order valence-corrected chi connectivity index (χ0v) is 23.1. The average molecular weight is 578 g/mol. The highest BCUT2D eigenvalue weighted by Crippen LogP contribution is 2.26. The molecule has 218 valence electrons. The molecule has 5 aromatic rings. The number of benzene rings is 2. The Kier molecular flexibility index (Phi) is 7.52. The van der Waals surface area contributed by atoms with Crippen molar-refractivity contribution in [1.29, 1.82) is 0 Å². The van der Waals surface area contributed by atoms with Crippen molar-refractivity contribution >= 4 is 22.2 Å². The van der Waals surface area contributed by atoms with Crippen LogP contribution in [-0.2, 0) is 13.5 Å². The van der Waals surface area contributed by atoms with Gasteiger partial charge in [0, 0.05) is 38.7 Å². The van der Waals surface area contributed by atoms with Gasteiger partial charge < -0.3 is 24.0 Å². The highest BCUT2D eigenvalue weighted by atomic mass is 19.3. The molecule has 0 spiro atoms. The maximum atomic E-state index is 14.0. The van der Waals surface area contributed by atoms with Gasteiger partial charge in [-0.05, 0) is 49.7 Å². The van der Waals surface area contributed by atoms with Crippen molar-refractivity contribution in [3.8, 4) is 28.7 Å². The number of rotatable bonds is 9. The van der Waals surface area contributed by atoms with Gasteiger partial charge in [-0.15, -0.1) is 0 Å². The van der Waals surface area contributed by atoms with E-state index in [1.807, 2.05) is 23.7 Å². The van der Waals surface area contributed by atoms with Gasteiger partial charge in [-0.2, -0.15) is 13.8 Å². The lowest BCUT2D eigenvalue weighted by atomic mass is 10.1. The van der Waals surface area contributed by atoms with Gasteiger partial charge >= 0.3 is 12.6 Å². The Balaban J connectivity index is 1.42. The van der Waals surface area contributed by atoms with Crippen molar-refractivity contribution in [3.63, 3.8) is 0 Å². The second-order valence-electron chi connectivity index (χ2n) is 10.1. The SMILES string of the molecule is CCOc1ncc2nc(-c3ccc4nc(CCN5CCC(O)C5)n(C)c4c3)c(=O)n(-c3ccc(OC(F)F)cc3)c2n1. The number of β-amino-alcohol motifs (C(OH)–C–C–N with tert-alkyl or cyclic N) is 1. The topological polar surface area (TPSA) is 120 Å². The molecule has 1 aliphatic rings. The molecule has 1 atom stereocenters. The van der Waals surface area contributed by atoms with E-state index in [1.54, 1.807) is 13.0 Å². The van der Waals surface area contributed by atoms with E-state index in [2.05, 4.69) is 24.6 Å². The van der Waals surface area contributed by atoms with Gasteiger partial charge in [-0.3, -0.25) is 9.36 Å². The first kappa shape index (κ1) is 27.7. The minimum atomic E-state index is -2.97.